The molecular weight excluding hydrogens is 402 g/mol. The zero-order chi connectivity index (χ0) is 23.1. The van der Waals surface area contributed by atoms with Crippen molar-refractivity contribution in [3.63, 3.8) is 0 Å². The Labute approximate surface area is 189 Å². The summed E-state index contributed by atoms with van der Waals surface area (Å²) in [4.78, 5) is 31.4. The molecule has 0 spiro atoms. The van der Waals surface area contributed by atoms with Crippen LogP contribution in [0, 0.1) is 0 Å². The molecule has 1 atom stereocenters. The molecule has 0 saturated carbocycles. The van der Waals surface area contributed by atoms with Gasteiger partial charge >= 0.3 is 6.09 Å². The maximum absolute atomic E-state index is 13.0. The van der Waals surface area contributed by atoms with E-state index in [0.29, 0.717) is 5.69 Å². The summed E-state index contributed by atoms with van der Waals surface area (Å²) in [6.45, 7) is 7.39. The number of nitrogens with one attached hydrogen (secondary N) is 1. The number of hydrogen-bond acceptors (Lipinski definition) is 4. The highest BCUT2D eigenvalue weighted by Gasteiger charge is 2.30. The molecule has 0 saturated heterocycles. The topological polar surface area (TPSA) is 71.5 Å². The van der Waals surface area contributed by atoms with Crippen molar-refractivity contribution in [1.82, 2.24) is 9.88 Å². The normalized spacial score (nSPS) is 12.0. The lowest BCUT2D eigenvalue weighted by Crippen LogP contribution is -2.47. The lowest BCUT2D eigenvalue weighted by atomic mass is 10.1. The quantitative estimate of drug-likeness (QED) is 0.558. The molecule has 6 heteroatoms. The Hall–Kier alpha value is -3.67. The number of amides is 2. The number of rotatable bonds is 6. The Bertz CT molecular complexity index is 1030. The van der Waals surface area contributed by atoms with Crippen LogP contribution in [0.2, 0.25) is 0 Å². The molecule has 2 amide bonds. The SMILES string of the molecule is C[C@@H](C(=O)Nc1ccc(-c2ccncc2)cc1)N(Cc1ccccc1)C(=O)OC(C)(C)C. The van der Waals surface area contributed by atoms with Gasteiger partial charge in [0.2, 0.25) is 5.91 Å². The van der Waals surface area contributed by atoms with E-state index in [0.717, 1.165) is 16.7 Å². The third-order valence-corrected chi connectivity index (χ3v) is 4.84. The fourth-order valence-corrected chi connectivity index (χ4v) is 3.14. The number of anilines is 1. The van der Waals surface area contributed by atoms with Crippen LogP contribution >= 0.6 is 0 Å². The standard InChI is InChI=1S/C26H29N3O3/c1-19(29(25(31)32-26(2,3)4)18-20-8-6-5-7-9-20)24(30)28-23-12-10-21(11-13-23)22-14-16-27-17-15-22/h5-17,19H,18H2,1-4H3,(H,28,30)/t19-/m0/s1. The third kappa shape index (κ3) is 6.41. The van der Waals surface area contributed by atoms with Crippen molar-refractivity contribution >= 4 is 17.7 Å². The molecule has 0 aliphatic heterocycles. The van der Waals surface area contributed by atoms with E-state index in [9.17, 15) is 9.59 Å². The smallest absolute Gasteiger partial charge is 0.411 e. The molecule has 0 bridgehead atoms. The zero-order valence-corrected chi connectivity index (χ0v) is 18.9. The van der Waals surface area contributed by atoms with Crippen molar-refractivity contribution in [3.8, 4) is 11.1 Å². The minimum Gasteiger partial charge on any atom is -0.444 e. The number of aromatic nitrogens is 1. The molecule has 2 aromatic carbocycles. The monoisotopic (exact) mass is 431 g/mol. The number of nitrogens with zero attached hydrogens (tertiary/aromatic N) is 2. The number of carbonyl (C=O) groups excluding carboxylic acids is 2. The number of pyridine rings is 1. The molecule has 0 unspecified atom stereocenters. The molecule has 3 aromatic rings. The van der Waals surface area contributed by atoms with Crippen LogP contribution in [0.1, 0.15) is 33.3 Å². The summed E-state index contributed by atoms with van der Waals surface area (Å²) < 4.78 is 5.56. The van der Waals surface area contributed by atoms with Gasteiger partial charge in [0.15, 0.2) is 0 Å². The van der Waals surface area contributed by atoms with E-state index in [-0.39, 0.29) is 12.5 Å². The second-order valence-corrected chi connectivity index (χ2v) is 8.57. The molecule has 1 aromatic heterocycles. The van der Waals surface area contributed by atoms with Crippen LogP contribution in [0.4, 0.5) is 10.5 Å². The van der Waals surface area contributed by atoms with Gasteiger partial charge in [-0.15, -0.1) is 0 Å². The van der Waals surface area contributed by atoms with Gasteiger partial charge < -0.3 is 10.1 Å². The van der Waals surface area contributed by atoms with E-state index in [1.54, 1.807) is 40.1 Å². The van der Waals surface area contributed by atoms with E-state index < -0.39 is 17.7 Å². The van der Waals surface area contributed by atoms with Gasteiger partial charge in [-0.25, -0.2) is 4.79 Å². The average molecular weight is 432 g/mol. The van der Waals surface area contributed by atoms with Crippen molar-refractivity contribution in [3.05, 3.63) is 84.7 Å². The highest BCUT2D eigenvalue weighted by atomic mass is 16.6. The lowest BCUT2D eigenvalue weighted by Gasteiger charge is -2.31. The van der Waals surface area contributed by atoms with E-state index >= 15 is 0 Å². The van der Waals surface area contributed by atoms with Crippen molar-refractivity contribution in [2.75, 3.05) is 5.32 Å². The van der Waals surface area contributed by atoms with Crippen LogP contribution in [0.5, 0.6) is 0 Å². The van der Waals surface area contributed by atoms with Crippen molar-refractivity contribution in [2.45, 2.75) is 45.9 Å². The largest absolute Gasteiger partial charge is 0.444 e. The second kappa shape index (κ2) is 10.1. The van der Waals surface area contributed by atoms with Crippen LogP contribution in [-0.4, -0.2) is 33.5 Å². The Morgan fingerprint density at radius 1 is 0.938 bits per heavy atom. The molecule has 0 aliphatic rings. The first-order chi connectivity index (χ1) is 15.2. The molecule has 0 radical (unpaired) electrons. The van der Waals surface area contributed by atoms with Gasteiger partial charge in [-0.3, -0.25) is 14.7 Å². The van der Waals surface area contributed by atoms with E-state index in [1.165, 1.54) is 4.90 Å². The van der Waals surface area contributed by atoms with E-state index in [4.69, 9.17) is 4.74 Å². The molecule has 1 heterocycles. The van der Waals surface area contributed by atoms with Crippen LogP contribution in [0.15, 0.2) is 79.1 Å². The van der Waals surface area contributed by atoms with Crippen molar-refractivity contribution < 1.29 is 14.3 Å². The Kier molecular flexibility index (Phi) is 7.25. The summed E-state index contributed by atoms with van der Waals surface area (Å²) in [5.74, 6) is -0.288. The van der Waals surface area contributed by atoms with Crippen molar-refractivity contribution in [2.24, 2.45) is 0 Å². The lowest BCUT2D eigenvalue weighted by molar-refractivity contribution is -0.121. The van der Waals surface area contributed by atoms with Crippen molar-refractivity contribution in [1.29, 1.82) is 0 Å². The Balaban J connectivity index is 1.73. The maximum Gasteiger partial charge on any atom is 0.411 e. The molecule has 6 nitrogen and oxygen atoms in total. The van der Waals surface area contributed by atoms with Crippen LogP contribution in [0.3, 0.4) is 0 Å². The van der Waals surface area contributed by atoms with Gasteiger partial charge in [0.05, 0.1) is 0 Å². The summed E-state index contributed by atoms with van der Waals surface area (Å²) in [5, 5.41) is 2.90. The minimum absolute atomic E-state index is 0.269. The summed E-state index contributed by atoms with van der Waals surface area (Å²) in [6.07, 6.45) is 2.95. The van der Waals surface area contributed by atoms with E-state index in [2.05, 4.69) is 10.3 Å². The predicted octanol–water partition coefficient (Wildman–Crippen LogP) is 5.51. The summed E-state index contributed by atoms with van der Waals surface area (Å²) >= 11 is 0. The molecule has 3 rings (SSSR count). The summed E-state index contributed by atoms with van der Waals surface area (Å²) in [5.41, 5.74) is 2.98. The minimum atomic E-state index is -0.732. The van der Waals surface area contributed by atoms with Crippen LogP contribution in [0.25, 0.3) is 11.1 Å². The van der Waals surface area contributed by atoms with Crippen LogP contribution in [-0.2, 0) is 16.1 Å². The second-order valence-electron chi connectivity index (χ2n) is 8.57. The van der Waals surface area contributed by atoms with Gasteiger partial charge in [0, 0.05) is 24.6 Å². The van der Waals surface area contributed by atoms with Gasteiger partial charge in [0.1, 0.15) is 11.6 Å². The molecule has 0 fully saturated rings. The first-order valence-corrected chi connectivity index (χ1v) is 10.6. The fourth-order valence-electron chi connectivity index (χ4n) is 3.14. The highest BCUT2D eigenvalue weighted by molar-refractivity contribution is 5.96. The number of carbonyl (C=O) groups is 2. The summed E-state index contributed by atoms with van der Waals surface area (Å²) in [7, 11) is 0. The van der Waals surface area contributed by atoms with Gasteiger partial charge in [-0.05, 0) is 68.7 Å². The van der Waals surface area contributed by atoms with Gasteiger partial charge in [-0.1, -0.05) is 42.5 Å². The average Bonchev–Trinajstić information content (AvgIpc) is 2.77. The fraction of sp³-hybridized carbons (Fsp3) is 0.269. The first kappa shape index (κ1) is 23.0. The van der Waals surface area contributed by atoms with Crippen LogP contribution < -0.4 is 5.32 Å². The number of hydrogen-bond donors (Lipinski definition) is 1. The van der Waals surface area contributed by atoms with E-state index in [1.807, 2.05) is 66.7 Å². The predicted molar refractivity (Wildman–Crippen MR) is 126 cm³/mol. The molecule has 166 valence electrons. The third-order valence-electron chi connectivity index (χ3n) is 4.84. The van der Waals surface area contributed by atoms with Gasteiger partial charge in [0.25, 0.3) is 0 Å². The molecule has 32 heavy (non-hydrogen) atoms. The Morgan fingerprint density at radius 2 is 1.53 bits per heavy atom. The molecule has 0 aliphatic carbocycles. The highest BCUT2D eigenvalue weighted by Crippen LogP contribution is 2.21. The number of benzene rings is 2. The molecule has 1 N–H and O–H groups in total. The summed E-state index contributed by atoms with van der Waals surface area (Å²) in [6, 6.07) is 20.2. The molecular formula is C26H29N3O3. The van der Waals surface area contributed by atoms with Gasteiger partial charge in [-0.2, -0.15) is 0 Å². The maximum atomic E-state index is 13.0. The zero-order valence-electron chi connectivity index (χ0n) is 18.9. The Morgan fingerprint density at radius 3 is 2.12 bits per heavy atom. The number of ether oxygens (including phenoxy) is 1. The first-order valence-electron chi connectivity index (χ1n) is 10.6.